The number of nitrogens with one attached hydrogen (secondary N) is 2. The van der Waals surface area contributed by atoms with Crippen LogP contribution in [0.2, 0.25) is 0 Å². The minimum atomic E-state index is -0.340. The highest BCUT2D eigenvalue weighted by Crippen LogP contribution is 2.22. The summed E-state index contributed by atoms with van der Waals surface area (Å²) in [5.41, 5.74) is 1.93. The van der Waals surface area contributed by atoms with E-state index < -0.39 is 0 Å². The molecule has 1 aliphatic heterocycles. The minimum absolute atomic E-state index is 0.157. The number of non-ortho nitro benzene ring substituents is 1. The molecule has 1 fully saturated rings. The summed E-state index contributed by atoms with van der Waals surface area (Å²) in [5, 5.41) is 17.6. The largest absolute Gasteiger partial charge is 0.382 e. The van der Waals surface area contributed by atoms with Crippen molar-refractivity contribution in [1.29, 1.82) is 0 Å². The van der Waals surface area contributed by atoms with Crippen LogP contribution in [0.4, 0.5) is 11.4 Å². The Morgan fingerprint density at radius 1 is 1.33 bits per heavy atom. The summed E-state index contributed by atoms with van der Waals surface area (Å²) < 4.78 is 0. The van der Waals surface area contributed by atoms with Crippen LogP contribution in [0, 0.1) is 17.0 Å². The van der Waals surface area contributed by atoms with Crippen LogP contribution in [0.5, 0.6) is 0 Å². The quantitative estimate of drug-likeness (QED) is 0.638. The van der Waals surface area contributed by atoms with Gasteiger partial charge in [-0.05, 0) is 50.9 Å². The molecule has 5 heteroatoms. The monoisotopic (exact) mass is 249 g/mol. The lowest BCUT2D eigenvalue weighted by Crippen LogP contribution is -2.21. The van der Waals surface area contributed by atoms with E-state index in [2.05, 4.69) is 10.6 Å². The summed E-state index contributed by atoms with van der Waals surface area (Å²) in [6, 6.07) is 5.58. The molecule has 2 rings (SSSR count). The first-order chi connectivity index (χ1) is 8.65. The summed E-state index contributed by atoms with van der Waals surface area (Å²) >= 11 is 0. The summed E-state index contributed by atoms with van der Waals surface area (Å²) in [4.78, 5) is 10.5. The van der Waals surface area contributed by atoms with Crippen molar-refractivity contribution >= 4 is 11.4 Å². The Balaban J connectivity index is 2.10. The molecule has 0 saturated carbocycles. The molecule has 0 spiro atoms. The molecule has 98 valence electrons. The molecule has 0 bridgehead atoms. The number of aryl methyl sites for hydroxylation is 1. The molecule has 1 atom stereocenters. The van der Waals surface area contributed by atoms with Crippen LogP contribution in [0.15, 0.2) is 18.2 Å². The Labute approximate surface area is 107 Å². The van der Waals surface area contributed by atoms with Crippen molar-refractivity contribution in [2.24, 2.45) is 0 Å². The van der Waals surface area contributed by atoms with Gasteiger partial charge in [-0.3, -0.25) is 10.1 Å². The number of rotatable bonds is 3. The Bertz CT molecular complexity index is 426. The average Bonchev–Trinajstić information content (AvgIpc) is 2.57. The van der Waals surface area contributed by atoms with Gasteiger partial charge in [0.15, 0.2) is 0 Å². The predicted octanol–water partition coefficient (Wildman–Crippen LogP) is 2.46. The lowest BCUT2D eigenvalue weighted by atomic mass is 10.1. The van der Waals surface area contributed by atoms with Crippen molar-refractivity contribution in [2.75, 3.05) is 18.4 Å². The van der Waals surface area contributed by atoms with Gasteiger partial charge in [0.25, 0.3) is 5.69 Å². The highest BCUT2D eigenvalue weighted by Gasteiger charge is 2.14. The maximum atomic E-state index is 10.8. The van der Waals surface area contributed by atoms with Gasteiger partial charge in [0.05, 0.1) is 4.92 Å². The molecule has 1 aromatic rings. The van der Waals surface area contributed by atoms with Gasteiger partial charge in [0, 0.05) is 23.9 Å². The van der Waals surface area contributed by atoms with Gasteiger partial charge in [-0.15, -0.1) is 0 Å². The van der Waals surface area contributed by atoms with Crippen molar-refractivity contribution in [3.05, 3.63) is 33.9 Å². The zero-order chi connectivity index (χ0) is 13.0. The lowest BCUT2D eigenvalue weighted by Gasteiger charge is -2.17. The second-order valence-electron chi connectivity index (χ2n) is 4.84. The number of hydrogen-bond acceptors (Lipinski definition) is 4. The summed E-state index contributed by atoms with van der Waals surface area (Å²) in [5.74, 6) is 0. The van der Waals surface area contributed by atoms with Crippen molar-refractivity contribution in [2.45, 2.75) is 32.2 Å². The van der Waals surface area contributed by atoms with Gasteiger partial charge in [-0.1, -0.05) is 0 Å². The van der Waals surface area contributed by atoms with E-state index in [4.69, 9.17) is 0 Å². The highest BCUT2D eigenvalue weighted by atomic mass is 16.6. The first kappa shape index (κ1) is 12.8. The SMILES string of the molecule is Cc1cc(NC2CCCNCC2)cc([N+](=O)[O-])c1. The van der Waals surface area contributed by atoms with E-state index in [0.717, 1.165) is 43.6 Å². The van der Waals surface area contributed by atoms with Crippen LogP contribution in [0.3, 0.4) is 0 Å². The molecule has 18 heavy (non-hydrogen) atoms. The van der Waals surface area contributed by atoms with Gasteiger partial charge < -0.3 is 10.6 Å². The zero-order valence-corrected chi connectivity index (χ0v) is 10.6. The molecule has 1 heterocycles. The molecule has 0 amide bonds. The van der Waals surface area contributed by atoms with Crippen LogP contribution in [0.25, 0.3) is 0 Å². The van der Waals surface area contributed by atoms with Crippen LogP contribution in [-0.2, 0) is 0 Å². The van der Waals surface area contributed by atoms with Crippen molar-refractivity contribution in [3.63, 3.8) is 0 Å². The Morgan fingerprint density at radius 3 is 2.94 bits per heavy atom. The number of anilines is 1. The van der Waals surface area contributed by atoms with E-state index >= 15 is 0 Å². The smallest absolute Gasteiger partial charge is 0.271 e. The van der Waals surface area contributed by atoms with Crippen LogP contribution >= 0.6 is 0 Å². The molecule has 0 radical (unpaired) electrons. The second kappa shape index (κ2) is 5.82. The van der Waals surface area contributed by atoms with Crippen molar-refractivity contribution in [3.8, 4) is 0 Å². The van der Waals surface area contributed by atoms with Crippen LogP contribution < -0.4 is 10.6 Å². The molecular weight excluding hydrogens is 230 g/mol. The van der Waals surface area contributed by atoms with Gasteiger partial charge >= 0.3 is 0 Å². The molecule has 0 aliphatic carbocycles. The van der Waals surface area contributed by atoms with E-state index in [1.54, 1.807) is 12.1 Å². The minimum Gasteiger partial charge on any atom is -0.382 e. The fourth-order valence-electron chi connectivity index (χ4n) is 2.35. The Hall–Kier alpha value is -1.62. The maximum Gasteiger partial charge on any atom is 0.271 e. The average molecular weight is 249 g/mol. The molecule has 1 aliphatic rings. The fourth-order valence-corrected chi connectivity index (χ4v) is 2.35. The van der Waals surface area contributed by atoms with Gasteiger partial charge in [-0.2, -0.15) is 0 Å². The fraction of sp³-hybridized carbons (Fsp3) is 0.538. The molecule has 0 aromatic heterocycles. The van der Waals surface area contributed by atoms with Crippen molar-refractivity contribution < 1.29 is 4.92 Å². The Morgan fingerprint density at radius 2 is 2.17 bits per heavy atom. The number of nitrogens with zero attached hydrogens (tertiary/aromatic N) is 1. The Kier molecular flexibility index (Phi) is 4.15. The van der Waals surface area contributed by atoms with Crippen LogP contribution in [0.1, 0.15) is 24.8 Å². The topological polar surface area (TPSA) is 67.2 Å². The van der Waals surface area contributed by atoms with Gasteiger partial charge in [0.2, 0.25) is 0 Å². The number of hydrogen-bond donors (Lipinski definition) is 2. The molecular formula is C13H19N3O2. The number of nitro groups is 1. The third-order valence-electron chi connectivity index (χ3n) is 3.22. The lowest BCUT2D eigenvalue weighted by molar-refractivity contribution is -0.384. The van der Waals surface area contributed by atoms with Crippen LogP contribution in [-0.4, -0.2) is 24.1 Å². The molecule has 1 aromatic carbocycles. The first-order valence-electron chi connectivity index (χ1n) is 6.38. The van der Waals surface area contributed by atoms with E-state index in [-0.39, 0.29) is 10.6 Å². The second-order valence-corrected chi connectivity index (χ2v) is 4.84. The summed E-state index contributed by atoms with van der Waals surface area (Å²) in [7, 11) is 0. The summed E-state index contributed by atoms with van der Waals surface area (Å²) in [6.45, 7) is 3.95. The zero-order valence-electron chi connectivity index (χ0n) is 10.6. The number of benzene rings is 1. The third-order valence-corrected chi connectivity index (χ3v) is 3.22. The van der Waals surface area contributed by atoms with E-state index in [1.165, 1.54) is 0 Å². The predicted molar refractivity (Wildman–Crippen MR) is 72.0 cm³/mol. The van der Waals surface area contributed by atoms with Gasteiger partial charge in [-0.25, -0.2) is 0 Å². The summed E-state index contributed by atoms with van der Waals surface area (Å²) in [6.07, 6.45) is 3.31. The third kappa shape index (κ3) is 3.43. The molecule has 5 nitrogen and oxygen atoms in total. The first-order valence-corrected chi connectivity index (χ1v) is 6.38. The highest BCUT2D eigenvalue weighted by molar-refractivity contribution is 5.54. The maximum absolute atomic E-state index is 10.8. The standard InChI is InChI=1S/C13H19N3O2/c1-10-7-12(9-13(8-10)16(17)18)15-11-3-2-5-14-6-4-11/h7-9,11,14-15H,2-6H2,1H3. The van der Waals surface area contributed by atoms with Gasteiger partial charge in [0.1, 0.15) is 0 Å². The number of nitro benzene ring substituents is 1. The molecule has 2 N–H and O–H groups in total. The molecule has 1 saturated heterocycles. The van der Waals surface area contributed by atoms with E-state index in [9.17, 15) is 10.1 Å². The molecule has 1 unspecified atom stereocenters. The van der Waals surface area contributed by atoms with E-state index in [0.29, 0.717) is 6.04 Å². The van der Waals surface area contributed by atoms with Crippen molar-refractivity contribution in [1.82, 2.24) is 5.32 Å². The van der Waals surface area contributed by atoms with E-state index in [1.807, 2.05) is 13.0 Å². The normalized spacial score (nSPS) is 20.2.